The maximum Gasteiger partial charge on any atom is 0.115 e. The van der Waals surface area contributed by atoms with E-state index in [0.29, 0.717) is 5.75 Å². The third-order valence-electron chi connectivity index (χ3n) is 2.39. The molecule has 1 aromatic heterocycles. The van der Waals surface area contributed by atoms with E-state index in [1.807, 2.05) is 31.4 Å². The van der Waals surface area contributed by atoms with Gasteiger partial charge in [0.15, 0.2) is 0 Å². The molecule has 78 valence electrons. The van der Waals surface area contributed by atoms with E-state index in [9.17, 15) is 0 Å². The van der Waals surface area contributed by atoms with Crippen LogP contribution in [0.25, 0.3) is 0 Å². The van der Waals surface area contributed by atoms with Gasteiger partial charge in [0.2, 0.25) is 0 Å². The molecule has 0 saturated heterocycles. The predicted octanol–water partition coefficient (Wildman–Crippen LogP) is 2.34. The number of rotatable bonds is 3. The molecule has 1 aromatic carbocycles. The van der Waals surface area contributed by atoms with Gasteiger partial charge in [0.1, 0.15) is 5.75 Å². The first-order chi connectivity index (χ1) is 7.25. The minimum atomic E-state index is 0.291. The van der Waals surface area contributed by atoms with Gasteiger partial charge in [-0.1, -0.05) is 0 Å². The van der Waals surface area contributed by atoms with Gasteiger partial charge >= 0.3 is 0 Å². The Hall–Kier alpha value is -1.90. The van der Waals surface area contributed by atoms with Gasteiger partial charge in [0.25, 0.3) is 0 Å². The van der Waals surface area contributed by atoms with Crippen molar-refractivity contribution in [3.63, 3.8) is 0 Å². The van der Waals surface area contributed by atoms with Crippen molar-refractivity contribution in [3.8, 4) is 5.75 Å². The quantitative estimate of drug-likeness (QED) is 0.750. The summed E-state index contributed by atoms with van der Waals surface area (Å²) in [5, 5.41) is 12.4. The summed E-state index contributed by atoms with van der Waals surface area (Å²) in [6.45, 7) is 0.786. The first-order valence-corrected chi connectivity index (χ1v) is 4.89. The summed E-state index contributed by atoms with van der Waals surface area (Å²) in [5.74, 6) is 0.291. The van der Waals surface area contributed by atoms with E-state index in [2.05, 4.69) is 16.0 Å². The Kier molecular flexibility index (Phi) is 2.63. The number of hydrogen-bond acceptors (Lipinski definition) is 2. The first-order valence-electron chi connectivity index (χ1n) is 4.89. The molecule has 0 aliphatic carbocycles. The molecular formula is C12H14N2O. The molecule has 0 amide bonds. The maximum absolute atomic E-state index is 9.12. The molecule has 1 heterocycles. The van der Waals surface area contributed by atoms with Crippen molar-refractivity contribution >= 4 is 5.69 Å². The van der Waals surface area contributed by atoms with Gasteiger partial charge in [-0.25, -0.2) is 0 Å². The smallest absolute Gasteiger partial charge is 0.115 e. The van der Waals surface area contributed by atoms with Crippen LogP contribution in [-0.4, -0.2) is 9.67 Å². The first kappa shape index (κ1) is 9.65. The Labute approximate surface area is 89.0 Å². The summed E-state index contributed by atoms with van der Waals surface area (Å²) in [4.78, 5) is 0. The van der Waals surface area contributed by atoms with Gasteiger partial charge in [0, 0.05) is 24.6 Å². The van der Waals surface area contributed by atoms with Crippen molar-refractivity contribution in [1.82, 2.24) is 4.57 Å². The highest BCUT2D eigenvalue weighted by Crippen LogP contribution is 2.14. The number of nitrogens with zero attached hydrogens (tertiary/aromatic N) is 1. The van der Waals surface area contributed by atoms with Crippen molar-refractivity contribution < 1.29 is 5.11 Å². The van der Waals surface area contributed by atoms with Crippen LogP contribution in [0.3, 0.4) is 0 Å². The van der Waals surface area contributed by atoms with E-state index in [0.717, 1.165) is 12.2 Å². The zero-order valence-electron chi connectivity index (χ0n) is 8.64. The van der Waals surface area contributed by atoms with E-state index in [1.54, 1.807) is 12.1 Å². The zero-order valence-corrected chi connectivity index (χ0v) is 8.64. The fourth-order valence-corrected chi connectivity index (χ4v) is 1.45. The average molecular weight is 202 g/mol. The summed E-state index contributed by atoms with van der Waals surface area (Å²) in [7, 11) is 2.02. The summed E-state index contributed by atoms with van der Waals surface area (Å²) in [6.07, 6.45) is 2.02. The second kappa shape index (κ2) is 4.09. The molecule has 0 radical (unpaired) electrons. The number of aromatic hydroxyl groups is 1. The number of phenols is 1. The number of benzene rings is 1. The summed E-state index contributed by atoms with van der Waals surface area (Å²) >= 11 is 0. The Morgan fingerprint density at radius 3 is 2.53 bits per heavy atom. The lowest BCUT2D eigenvalue weighted by atomic mass is 10.3. The van der Waals surface area contributed by atoms with Crippen LogP contribution in [0.2, 0.25) is 0 Å². The number of anilines is 1. The molecule has 2 aromatic rings. The van der Waals surface area contributed by atoms with E-state index in [1.165, 1.54) is 5.69 Å². The van der Waals surface area contributed by atoms with E-state index < -0.39 is 0 Å². The molecule has 0 aliphatic heterocycles. The van der Waals surface area contributed by atoms with Gasteiger partial charge in [-0.3, -0.25) is 0 Å². The SMILES string of the molecule is Cn1cccc1CNc1ccc(O)cc1. The van der Waals surface area contributed by atoms with Crippen LogP contribution >= 0.6 is 0 Å². The number of aromatic nitrogens is 1. The summed E-state index contributed by atoms with van der Waals surface area (Å²) in [6, 6.07) is 11.2. The van der Waals surface area contributed by atoms with Gasteiger partial charge in [0.05, 0.1) is 6.54 Å². The van der Waals surface area contributed by atoms with Crippen LogP contribution in [0.1, 0.15) is 5.69 Å². The number of aryl methyl sites for hydroxylation is 1. The topological polar surface area (TPSA) is 37.2 Å². The molecule has 0 unspecified atom stereocenters. The van der Waals surface area contributed by atoms with Gasteiger partial charge in [-0.2, -0.15) is 0 Å². The highest BCUT2D eigenvalue weighted by molar-refractivity contribution is 5.46. The average Bonchev–Trinajstić information content (AvgIpc) is 2.63. The monoisotopic (exact) mass is 202 g/mol. The fraction of sp³-hybridized carbons (Fsp3) is 0.167. The second-order valence-electron chi connectivity index (χ2n) is 3.51. The molecule has 3 heteroatoms. The van der Waals surface area contributed by atoms with Gasteiger partial charge in [-0.05, 0) is 36.4 Å². The molecule has 0 fully saturated rings. The zero-order chi connectivity index (χ0) is 10.7. The highest BCUT2D eigenvalue weighted by Gasteiger charge is 1.96. The summed E-state index contributed by atoms with van der Waals surface area (Å²) < 4.78 is 2.08. The minimum absolute atomic E-state index is 0.291. The number of nitrogens with one attached hydrogen (secondary N) is 1. The van der Waals surface area contributed by atoms with Gasteiger partial charge in [-0.15, -0.1) is 0 Å². The van der Waals surface area contributed by atoms with Crippen molar-refractivity contribution in [2.75, 3.05) is 5.32 Å². The van der Waals surface area contributed by atoms with Crippen LogP contribution < -0.4 is 5.32 Å². The van der Waals surface area contributed by atoms with Crippen LogP contribution in [0.4, 0.5) is 5.69 Å². The summed E-state index contributed by atoms with van der Waals surface area (Å²) in [5.41, 5.74) is 2.23. The third kappa shape index (κ3) is 2.31. The molecular weight excluding hydrogens is 188 g/mol. The lowest BCUT2D eigenvalue weighted by Crippen LogP contribution is -2.03. The van der Waals surface area contributed by atoms with Crippen molar-refractivity contribution in [2.45, 2.75) is 6.54 Å². The maximum atomic E-state index is 9.12. The molecule has 15 heavy (non-hydrogen) atoms. The minimum Gasteiger partial charge on any atom is -0.508 e. The van der Waals surface area contributed by atoms with Crippen molar-refractivity contribution in [3.05, 3.63) is 48.3 Å². The Balaban J connectivity index is 1.99. The lowest BCUT2D eigenvalue weighted by molar-refractivity contribution is 0.475. The molecule has 0 saturated carbocycles. The molecule has 0 bridgehead atoms. The third-order valence-corrected chi connectivity index (χ3v) is 2.39. The highest BCUT2D eigenvalue weighted by atomic mass is 16.3. The Bertz CT molecular complexity index is 431. The molecule has 0 aliphatic rings. The van der Waals surface area contributed by atoms with Gasteiger partial charge < -0.3 is 15.0 Å². The van der Waals surface area contributed by atoms with Crippen molar-refractivity contribution in [2.24, 2.45) is 7.05 Å². The lowest BCUT2D eigenvalue weighted by Gasteiger charge is -2.07. The largest absolute Gasteiger partial charge is 0.508 e. The van der Waals surface area contributed by atoms with Crippen LogP contribution in [0.15, 0.2) is 42.6 Å². The number of phenolic OH excluding ortho intramolecular Hbond substituents is 1. The van der Waals surface area contributed by atoms with Crippen molar-refractivity contribution in [1.29, 1.82) is 0 Å². The molecule has 0 atom stereocenters. The van der Waals surface area contributed by atoms with Crippen LogP contribution in [0, 0.1) is 0 Å². The van der Waals surface area contributed by atoms with E-state index >= 15 is 0 Å². The Morgan fingerprint density at radius 1 is 1.20 bits per heavy atom. The van der Waals surface area contributed by atoms with E-state index in [-0.39, 0.29) is 0 Å². The van der Waals surface area contributed by atoms with E-state index in [4.69, 9.17) is 5.11 Å². The van der Waals surface area contributed by atoms with Crippen LogP contribution in [-0.2, 0) is 13.6 Å². The second-order valence-corrected chi connectivity index (χ2v) is 3.51. The normalized spacial score (nSPS) is 10.2. The number of hydrogen-bond donors (Lipinski definition) is 2. The molecule has 2 N–H and O–H groups in total. The fourth-order valence-electron chi connectivity index (χ4n) is 1.45. The molecule has 3 nitrogen and oxygen atoms in total. The standard InChI is InChI=1S/C12H14N2O/c1-14-8-2-3-11(14)9-13-10-4-6-12(15)7-5-10/h2-8,13,15H,9H2,1H3. The van der Waals surface area contributed by atoms with Crippen LogP contribution in [0.5, 0.6) is 5.75 Å². The predicted molar refractivity (Wildman–Crippen MR) is 60.8 cm³/mol. The Morgan fingerprint density at radius 2 is 1.93 bits per heavy atom. The molecule has 2 rings (SSSR count). The molecule has 0 spiro atoms.